The second kappa shape index (κ2) is 7.90. The van der Waals surface area contributed by atoms with Crippen LogP contribution >= 0.6 is 0 Å². The molecule has 124 valence electrons. The highest BCUT2D eigenvalue weighted by Crippen LogP contribution is 2.22. The van der Waals surface area contributed by atoms with Crippen molar-refractivity contribution in [3.63, 3.8) is 0 Å². The summed E-state index contributed by atoms with van der Waals surface area (Å²) in [5.74, 6) is -1.05. The normalized spacial score (nSPS) is 14.8. The molecule has 1 atom stereocenters. The van der Waals surface area contributed by atoms with Crippen LogP contribution in [0.2, 0.25) is 0 Å². The van der Waals surface area contributed by atoms with E-state index in [-0.39, 0.29) is 30.3 Å². The molecule has 0 spiro atoms. The van der Waals surface area contributed by atoms with Gasteiger partial charge < -0.3 is 5.32 Å². The summed E-state index contributed by atoms with van der Waals surface area (Å²) in [6.45, 7) is 3.96. The maximum atomic E-state index is 12.2. The number of nitrogens with zero attached hydrogens (tertiary/aromatic N) is 1. The lowest BCUT2D eigenvalue weighted by Gasteiger charge is -2.19. The predicted octanol–water partition coefficient (Wildman–Crippen LogP) is 2.76. The first kappa shape index (κ1) is 17.2. The van der Waals surface area contributed by atoms with Gasteiger partial charge in [-0.3, -0.25) is 19.3 Å². The standard InChI is InChI=1S/C18H24N2O3/c1-3-5-6-9-13(4-2)19-16(21)12-20-17(22)14-10-7-8-11-15(14)18(20)23/h7-8,10-11,13H,3-6,9,12H2,1-2H3,(H,19,21). The van der Waals surface area contributed by atoms with Crippen LogP contribution in [0.4, 0.5) is 0 Å². The van der Waals surface area contributed by atoms with Gasteiger partial charge in [0, 0.05) is 6.04 Å². The van der Waals surface area contributed by atoms with Gasteiger partial charge in [-0.25, -0.2) is 0 Å². The number of imide groups is 1. The van der Waals surface area contributed by atoms with Crippen molar-refractivity contribution >= 4 is 17.7 Å². The number of hydrogen-bond donors (Lipinski definition) is 1. The molecule has 1 heterocycles. The van der Waals surface area contributed by atoms with Crippen LogP contribution in [-0.2, 0) is 4.79 Å². The minimum absolute atomic E-state index is 0.101. The minimum atomic E-state index is -0.389. The molecule has 1 unspecified atom stereocenters. The molecule has 0 radical (unpaired) electrons. The molecule has 23 heavy (non-hydrogen) atoms. The second-order valence-electron chi connectivity index (χ2n) is 5.91. The van der Waals surface area contributed by atoms with E-state index in [4.69, 9.17) is 0 Å². The monoisotopic (exact) mass is 316 g/mol. The van der Waals surface area contributed by atoms with Crippen LogP contribution in [0.15, 0.2) is 24.3 Å². The van der Waals surface area contributed by atoms with Crippen molar-refractivity contribution in [3.8, 4) is 0 Å². The Balaban J connectivity index is 1.93. The van der Waals surface area contributed by atoms with E-state index in [1.54, 1.807) is 24.3 Å². The average molecular weight is 316 g/mol. The van der Waals surface area contributed by atoms with E-state index in [9.17, 15) is 14.4 Å². The quantitative estimate of drug-likeness (QED) is 0.592. The summed E-state index contributed by atoms with van der Waals surface area (Å²) in [5.41, 5.74) is 0.751. The zero-order valence-electron chi connectivity index (χ0n) is 13.8. The molecule has 1 aromatic rings. The van der Waals surface area contributed by atoms with Crippen molar-refractivity contribution in [1.29, 1.82) is 0 Å². The molecule has 5 heteroatoms. The van der Waals surface area contributed by atoms with Crippen molar-refractivity contribution in [2.24, 2.45) is 0 Å². The van der Waals surface area contributed by atoms with E-state index in [1.165, 1.54) is 0 Å². The molecule has 0 aliphatic carbocycles. The summed E-state index contributed by atoms with van der Waals surface area (Å²) in [4.78, 5) is 37.7. The van der Waals surface area contributed by atoms with E-state index in [0.29, 0.717) is 11.1 Å². The zero-order chi connectivity index (χ0) is 16.8. The molecule has 0 saturated heterocycles. The average Bonchev–Trinajstić information content (AvgIpc) is 2.79. The van der Waals surface area contributed by atoms with Gasteiger partial charge in [-0.1, -0.05) is 45.2 Å². The van der Waals surface area contributed by atoms with E-state index in [0.717, 1.165) is 37.0 Å². The SMILES string of the molecule is CCCCCC(CC)NC(=O)CN1C(=O)c2ccccc2C1=O. The van der Waals surface area contributed by atoms with Gasteiger partial charge in [0.2, 0.25) is 5.91 Å². The first-order valence-corrected chi connectivity index (χ1v) is 8.33. The van der Waals surface area contributed by atoms with Crippen molar-refractivity contribution < 1.29 is 14.4 Å². The fourth-order valence-corrected chi connectivity index (χ4v) is 2.82. The predicted molar refractivity (Wildman–Crippen MR) is 88.2 cm³/mol. The molecule has 0 fully saturated rings. The summed E-state index contributed by atoms with van der Waals surface area (Å²) in [6.07, 6.45) is 5.13. The largest absolute Gasteiger partial charge is 0.352 e. The fourth-order valence-electron chi connectivity index (χ4n) is 2.82. The van der Waals surface area contributed by atoms with E-state index < -0.39 is 0 Å². The van der Waals surface area contributed by atoms with Crippen molar-refractivity contribution in [2.75, 3.05) is 6.54 Å². The summed E-state index contributed by atoms with van der Waals surface area (Å²) in [7, 11) is 0. The summed E-state index contributed by atoms with van der Waals surface area (Å²) >= 11 is 0. The van der Waals surface area contributed by atoms with E-state index in [2.05, 4.69) is 12.2 Å². The van der Waals surface area contributed by atoms with Crippen molar-refractivity contribution in [2.45, 2.75) is 52.0 Å². The molecular formula is C18H24N2O3. The molecule has 1 aromatic carbocycles. The van der Waals surface area contributed by atoms with Gasteiger partial charge in [0.15, 0.2) is 0 Å². The number of fused-ring (bicyclic) bond motifs is 1. The molecule has 2 rings (SSSR count). The lowest BCUT2D eigenvalue weighted by Crippen LogP contribution is -2.43. The number of carbonyl (C=O) groups is 3. The number of carbonyl (C=O) groups excluding carboxylic acids is 3. The molecule has 0 saturated carbocycles. The van der Waals surface area contributed by atoms with Crippen LogP contribution in [0.25, 0.3) is 0 Å². The highest BCUT2D eigenvalue weighted by molar-refractivity contribution is 6.22. The molecule has 1 N–H and O–H groups in total. The van der Waals surface area contributed by atoms with Gasteiger partial charge >= 0.3 is 0 Å². The second-order valence-corrected chi connectivity index (χ2v) is 5.91. The summed E-state index contributed by atoms with van der Waals surface area (Å²) in [5, 5.41) is 2.94. The third kappa shape index (κ3) is 3.97. The number of unbranched alkanes of at least 4 members (excludes halogenated alkanes) is 2. The van der Waals surface area contributed by atoms with E-state index >= 15 is 0 Å². The highest BCUT2D eigenvalue weighted by Gasteiger charge is 2.36. The zero-order valence-corrected chi connectivity index (χ0v) is 13.8. The molecule has 0 aromatic heterocycles. The van der Waals surface area contributed by atoms with Gasteiger partial charge in [-0.15, -0.1) is 0 Å². The van der Waals surface area contributed by atoms with Gasteiger partial charge in [0.25, 0.3) is 11.8 Å². The maximum Gasteiger partial charge on any atom is 0.262 e. The van der Waals surface area contributed by atoms with Gasteiger partial charge in [-0.2, -0.15) is 0 Å². The van der Waals surface area contributed by atoms with Crippen LogP contribution < -0.4 is 5.32 Å². The summed E-state index contributed by atoms with van der Waals surface area (Å²) < 4.78 is 0. The third-order valence-corrected chi connectivity index (χ3v) is 4.19. The molecule has 0 bridgehead atoms. The number of rotatable bonds is 8. The molecular weight excluding hydrogens is 292 g/mol. The van der Waals surface area contributed by atoms with Crippen LogP contribution in [0.5, 0.6) is 0 Å². The fraction of sp³-hybridized carbons (Fsp3) is 0.500. The lowest BCUT2D eigenvalue weighted by atomic mass is 10.1. The molecule has 1 aliphatic rings. The van der Waals surface area contributed by atoms with Crippen molar-refractivity contribution in [1.82, 2.24) is 10.2 Å². The Morgan fingerprint density at radius 2 is 1.70 bits per heavy atom. The maximum absolute atomic E-state index is 12.2. The summed E-state index contributed by atoms with van der Waals surface area (Å²) in [6, 6.07) is 6.77. The van der Waals surface area contributed by atoms with Crippen LogP contribution in [0, 0.1) is 0 Å². The van der Waals surface area contributed by atoms with E-state index in [1.807, 2.05) is 6.92 Å². The smallest absolute Gasteiger partial charge is 0.262 e. The van der Waals surface area contributed by atoms with Gasteiger partial charge in [0.05, 0.1) is 11.1 Å². The first-order chi connectivity index (χ1) is 11.1. The minimum Gasteiger partial charge on any atom is -0.352 e. The molecule has 3 amide bonds. The number of benzene rings is 1. The van der Waals surface area contributed by atoms with Crippen LogP contribution in [0.3, 0.4) is 0 Å². The molecule has 1 aliphatic heterocycles. The van der Waals surface area contributed by atoms with Crippen LogP contribution in [0.1, 0.15) is 66.7 Å². The van der Waals surface area contributed by atoms with Gasteiger partial charge in [-0.05, 0) is 25.0 Å². The number of amides is 3. The molecule has 5 nitrogen and oxygen atoms in total. The Kier molecular flexibility index (Phi) is 5.90. The Morgan fingerprint density at radius 3 is 2.22 bits per heavy atom. The lowest BCUT2D eigenvalue weighted by molar-refractivity contribution is -0.122. The Hall–Kier alpha value is -2.17. The Morgan fingerprint density at radius 1 is 1.09 bits per heavy atom. The van der Waals surface area contributed by atoms with Gasteiger partial charge in [0.1, 0.15) is 6.54 Å². The van der Waals surface area contributed by atoms with Crippen molar-refractivity contribution in [3.05, 3.63) is 35.4 Å². The first-order valence-electron chi connectivity index (χ1n) is 8.33. The highest BCUT2D eigenvalue weighted by atomic mass is 16.2. The Labute approximate surface area is 137 Å². The Bertz CT molecular complexity index is 563. The number of nitrogens with one attached hydrogen (secondary N) is 1. The van der Waals surface area contributed by atoms with Crippen LogP contribution in [-0.4, -0.2) is 35.2 Å². The number of hydrogen-bond acceptors (Lipinski definition) is 3. The third-order valence-electron chi connectivity index (χ3n) is 4.19. The topological polar surface area (TPSA) is 66.5 Å².